The lowest BCUT2D eigenvalue weighted by atomic mass is 9.43. The van der Waals surface area contributed by atoms with E-state index in [9.17, 15) is 25.2 Å². The summed E-state index contributed by atoms with van der Waals surface area (Å²) in [5.41, 5.74) is -0.230. The van der Waals surface area contributed by atoms with Crippen LogP contribution in [0, 0.1) is 46.3 Å². The minimum absolute atomic E-state index is 0.000818. The Hall–Kier alpha value is -0.690. The lowest BCUT2D eigenvalue weighted by Crippen LogP contribution is -2.65. The number of carboxylic acid groups (broad SMARTS) is 1. The molecule has 30 heavy (non-hydrogen) atoms. The lowest BCUT2D eigenvalue weighted by molar-refractivity contribution is -0.237. The van der Waals surface area contributed by atoms with Crippen LogP contribution in [0.3, 0.4) is 0 Å². The van der Waals surface area contributed by atoms with Crippen LogP contribution in [0.1, 0.15) is 72.1 Å². The van der Waals surface area contributed by atoms with Gasteiger partial charge in [0.05, 0.1) is 24.4 Å². The van der Waals surface area contributed by atoms with E-state index >= 15 is 0 Å². The van der Waals surface area contributed by atoms with Gasteiger partial charge in [0.25, 0.3) is 0 Å². The first-order valence-electron chi connectivity index (χ1n) is 11.9. The summed E-state index contributed by atoms with van der Waals surface area (Å²) in [5, 5.41) is 52.1. The van der Waals surface area contributed by atoms with Crippen LogP contribution in [0.2, 0.25) is 0 Å². The fourth-order valence-corrected chi connectivity index (χ4v) is 8.81. The molecule has 0 aromatic heterocycles. The molecular formula is C24H40O6. The number of aliphatic carboxylic acids is 1. The molecule has 6 nitrogen and oxygen atoms in total. The van der Waals surface area contributed by atoms with Crippen LogP contribution in [-0.4, -0.2) is 55.9 Å². The highest BCUT2D eigenvalue weighted by atomic mass is 16.4. The maximum Gasteiger partial charge on any atom is 0.303 e. The van der Waals surface area contributed by atoms with Crippen LogP contribution in [0.4, 0.5) is 0 Å². The van der Waals surface area contributed by atoms with Crippen molar-refractivity contribution in [3.63, 3.8) is 0 Å². The van der Waals surface area contributed by atoms with Crippen molar-refractivity contribution in [3.05, 3.63) is 0 Å². The van der Waals surface area contributed by atoms with E-state index in [2.05, 4.69) is 20.8 Å². The van der Waals surface area contributed by atoms with Crippen LogP contribution in [0.25, 0.3) is 0 Å². The standard InChI is InChI=1S/C24H40O6/c1-12(4-7-19(27)28)13-5-6-14-20-15(8-9-23(13,14)2)24(3)11-18(26)17(25)10-16(24)21(29)22(20)30/h12-18,20-22,25-26,29-30H,4-11H2,1-3H3,(H,27,28)/t12-,13-,14+,15+,16+,17+,18?,20+,21-,22+,23-,24-/m1/s1. The molecule has 4 saturated carbocycles. The van der Waals surface area contributed by atoms with Crippen molar-refractivity contribution in [2.75, 3.05) is 0 Å². The summed E-state index contributed by atoms with van der Waals surface area (Å²) in [6.07, 6.45) is 2.50. The third-order valence-corrected chi connectivity index (χ3v) is 10.3. The lowest BCUT2D eigenvalue weighted by Gasteiger charge is -2.64. The van der Waals surface area contributed by atoms with Gasteiger partial charge in [0.2, 0.25) is 0 Å². The predicted octanol–water partition coefficient (Wildman–Crippen LogP) is 2.42. The normalized spacial score (nSPS) is 54.0. The minimum Gasteiger partial charge on any atom is -0.481 e. The van der Waals surface area contributed by atoms with Crippen LogP contribution in [0.5, 0.6) is 0 Å². The van der Waals surface area contributed by atoms with E-state index in [1.54, 1.807) is 0 Å². The number of hydrogen-bond donors (Lipinski definition) is 5. The van der Waals surface area contributed by atoms with Gasteiger partial charge in [-0.05, 0) is 91.3 Å². The summed E-state index contributed by atoms with van der Waals surface area (Å²) >= 11 is 0. The van der Waals surface area contributed by atoms with Crippen LogP contribution in [0.15, 0.2) is 0 Å². The van der Waals surface area contributed by atoms with Crippen molar-refractivity contribution < 1.29 is 30.3 Å². The topological polar surface area (TPSA) is 118 Å². The molecule has 1 unspecified atom stereocenters. The van der Waals surface area contributed by atoms with Crippen molar-refractivity contribution in [1.82, 2.24) is 0 Å². The monoisotopic (exact) mass is 424 g/mol. The molecule has 0 bridgehead atoms. The van der Waals surface area contributed by atoms with Gasteiger partial charge in [0, 0.05) is 6.42 Å². The molecule has 0 heterocycles. The van der Waals surface area contributed by atoms with Crippen molar-refractivity contribution in [2.24, 2.45) is 46.3 Å². The average molecular weight is 425 g/mol. The molecule has 0 aliphatic heterocycles. The second kappa shape index (κ2) is 7.72. The van der Waals surface area contributed by atoms with Gasteiger partial charge in [-0.25, -0.2) is 0 Å². The summed E-state index contributed by atoms with van der Waals surface area (Å²) in [5.74, 6) is 0.370. The zero-order chi connectivity index (χ0) is 22.0. The zero-order valence-corrected chi connectivity index (χ0v) is 18.6. The number of rotatable bonds is 4. The highest BCUT2D eigenvalue weighted by Gasteiger charge is 2.65. The highest BCUT2D eigenvalue weighted by Crippen LogP contribution is 2.68. The van der Waals surface area contributed by atoms with E-state index in [1.807, 2.05) is 0 Å². The van der Waals surface area contributed by atoms with Gasteiger partial charge in [-0.1, -0.05) is 20.8 Å². The molecule has 0 saturated heterocycles. The molecule has 12 atom stereocenters. The maximum atomic E-state index is 11.3. The molecule has 0 aromatic carbocycles. The first kappa shape index (κ1) is 22.5. The van der Waals surface area contributed by atoms with E-state index in [1.165, 1.54) is 0 Å². The smallest absolute Gasteiger partial charge is 0.303 e. The molecule has 0 aromatic rings. The quantitative estimate of drug-likeness (QED) is 0.473. The number of aliphatic hydroxyl groups is 4. The van der Waals surface area contributed by atoms with E-state index in [-0.39, 0.29) is 35.0 Å². The van der Waals surface area contributed by atoms with E-state index in [0.717, 1.165) is 25.7 Å². The summed E-state index contributed by atoms with van der Waals surface area (Å²) in [6, 6.07) is 0. The van der Waals surface area contributed by atoms with Crippen LogP contribution >= 0.6 is 0 Å². The Kier molecular flexibility index (Phi) is 5.79. The Morgan fingerprint density at radius 2 is 1.60 bits per heavy atom. The SMILES string of the molecule is C[C@H](CCC(=O)O)[C@H]1CC[C@H]2[C@@H]3[C@H](O)[C@H](O)[C@@H]4C[C@H](O)C(O)C[C@]4(C)[C@H]3CC[C@]12C. The van der Waals surface area contributed by atoms with Gasteiger partial charge in [0.15, 0.2) is 0 Å². The maximum absolute atomic E-state index is 11.3. The summed E-state index contributed by atoms with van der Waals surface area (Å²) in [6.45, 7) is 6.66. The number of aliphatic hydroxyl groups excluding tert-OH is 4. The molecule has 4 aliphatic carbocycles. The third kappa shape index (κ3) is 3.25. The van der Waals surface area contributed by atoms with Gasteiger partial charge in [-0.3, -0.25) is 4.79 Å². The summed E-state index contributed by atoms with van der Waals surface area (Å²) in [4.78, 5) is 11.1. The van der Waals surface area contributed by atoms with E-state index < -0.39 is 30.4 Å². The van der Waals surface area contributed by atoms with Gasteiger partial charge in [0.1, 0.15) is 0 Å². The second-order valence-corrected chi connectivity index (χ2v) is 11.6. The number of fused-ring (bicyclic) bond motifs is 5. The molecule has 4 aliphatic rings. The zero-order valence-electron chi connectivity index (χ0n) is 18.6. The average Bonchev–Trinajstić information content (AvgIpc) is 3.03. The van der Waals surface area contributed by atoms with Crippen molar-refractivity contribution in [1.29, 1.82) is 0 Å². The molecular weight excluding hydrogens is 384 g/mol. The van der Waals surface area contributed by atoms with Crippen molar-refractivity contribution >= 4 is 5.97 Å². The Morgan fingerprint density at radius 1 is 0.933 bits per heavy atom. The summed E-state index contributed by atoms with van der Waals surface area (Å²) in [7, 11) is 0. The largest absolute Gasteiger partial charge is 0.481 e. The fraction of sp³-hybridized carbons (Fsp3) is 0.958. The second-order valence-electron chi connectivity index (χ2n) is 11.6. The van der Waals surface area contributed by atoms with E-state index in [0.29, 0.717) is 37.0 Å². The number of carboxylic acids is 1. The fourth-order valence-electron chi connectivity index (χ4n) is 8.81. The van der Waals surface area contributed by atoms with E-state index in [4.69, 9.17) is 5.11 Å². The molecule has 4 rings (SSSR count). The Morgan fingerprint density at radius 3 is 2.27 bits per heavy atom. The molecule has 172 valence electrons. The molecule has 6 heteroatoms. The van der Waals surface area contributed by atoms with Gasteiger partial charge in [-0.2, -0.15) is 0 Å². The number of hydrogen-bond acceptors (Lipinski definition) is 5. The highest BCUT2D eigenvalue weighted by molar-refractivity contribution is 5.66. The van der Waals surface area contributed by atoms with Crippen LogP contribution < -0.4 is 0 Å². The Bertz CT molecular complexity index is 668. The summed E-state index contributed by atoms with van der Waals surface area (Å²) < 4.78 is 0. The number of carbonyl (C=O) groups is 1. The molecule has 4 fully saturated rings. The van der Waals surface area contributed by atoms with Gasteiger partial charge in [-0.15, -0.1) is 0 Å². The minimum atomic E-state index is -0.871. The molecule has 0 spiro atoms. The first-order chi connectivity index (χ1) is 14.0. The third-order valence-electron chi connectivity index (χ3n) is 10.3. The molecule has 0 amide bonds. The van der Waals surface area contributed by atoms with Crippen molar-refractivity contribution in [3.8, 4) is 0 Å². The molecule has 0 radical (unpaired) electrons. The predicted molar refractivity (Wildman–Crippen MR) is 111 cm³/mol. The van der Waals surface area contributed by atoms with Crippen molar-refractivity contribution in [2.45, 2.75) is 96.6 Å². The van der Waals surface area contributed by atoms with Crippen LogP contribution in [-0.2, 0) is 4.79 Å². The Balaban J connectivity index is 1.61. The molecule has 5 N–H and O–H groups in total. The Labute approximate surface area is 179 Å². The van der Waals surface area contributed by atoms with Gasteiger partial charge < -0.3 is 25.5 Å². The van der Waals surface area contributed by atoms with Gasteiger partial charge >= 0.3 is 5.97 Å². The first-order valence-corrected chi connectivity index (χ1v) is 11.9.